The Kier molecular flexibility index (Phi) is 3.22. The quantitative estimate of drug-likeness (QED) is 0.721. The van der Waals surface area contributed by atoms with E-state index in [1.54, 1.807) is 5.56 Å². The summed E-state index contributed by atoms with van der Waals surface area (Å²) in [5.74, 6) is 0. The van der Waals surface area contributed by atoms with Crippen LogP contribution in [0.1, 0.15) is 44.6 Å². The van der Waals surface area contributed by atoms with Gasteiger partial charge in [-0.15, -0.1) is 0 Å². The van der Waals surface area contributed by atoms with Crippen molar-refractivity contribution >= 4 is 5.69 Å². The zero-order valence-corrected chi connectivity index (χ0v) is 10.8. The van der Waals surface area contributed by atoms with E-state index in [9.17, 15) is 0 Å². The van der Waals surface area contributed by atoms with E-state index in [0.29, 0.717) is 5.41 Å². The molecule has 1 heteroatoms. The molecule has 1 nitrogen and oxygen atoms in total. The maximum absolute atomic E-state index is 2.33. The van der Waals surface area contributed by atoms with E-state index in [1.807, 2.05) is 0 Å². The molecule has 0 bridgehead atoms. The highest BCUT2D eigenvalue weighted by molar-refractivity contribution is 5.57. The van der Waals surface area contributed by atoms with Crippen LogP contribution in [0.5, 0.6) is 0 Å². The smallest absolute Gasteiger partial charge is 0.0399 e. The van der Waals surface area contributed by atoms with E-state index in [4.69, 9.17) is 0 Å². The van der Waals surface area contributed by atoms with Crippen molar-refractivity contribution in [2.45, 2.75) is 44.4 Å². The molecular weight excluding hydrogens is 194 g/mol. The Labute approximate surface area is 99.5 Å². The Morgan fingerprint density at radius 1 is 1.19 bits per heavy atom. The number of anilines is 1. The normalized spacial score (nSPS) is 17.2. The first-order chi connectivity index (χ1) is 7.69. The lowest BCUT2D eigenvalue weighted by Gasteiger charge is -2.23. The first-order valence-corrected chi connectivity index (χ1v) is 6.46. The molecule has 0 saturated heterocycles. The van der Waals surface area contributed by atoms with E-state index < -0.39 is 0 Å². The van der Waals surface area contributed by atoms with Gasteiger partial charge in [-0.1, -0.05) is 38.0 Å². The van der Waals surface area contributed by atoms with Gasteiger partial charge in [0.1, 0.15) is 0 Å². The van der Waals surface area contributed by atoms with E-state index >= 15 is 0 Å². The molecule has 1 aliphatic rings. The van der Waals surface area contributed by atoms with Crippen LogP contribution in [0.4, 0.5) is 5.69 Å². The Morgan fingerprint density at radius 2 is 1.88 bits per heavy atom. The van der Waals surface area contributed by atoms with Crippen LogP contribution >= 0.6 is 0 Å². The van der Waals surface area contributed by atoms with Crippen LogP contribution in [-0.2, 0) is 5.41 Å². The standard InChI is InChI=1S/C15H23N/c1-4-5-10-15(11-12-15)13-8-6-7-9-14(13)16(2)3/h6-9H,4-5,10-12H2,1-3H3. The van der Waals surface area contributed by atoms with Crippen molar-refractivity contribution < 1.29 is 0 Å². The molecule has 88 valence electrons. The summed E-state index contributed by atoms with van der Waals surface area (Å²) in [4.78, 5) is 2.25. The fourth-order valence-electron chi connectivity index (χ4n) is 2.63. The van der Waals surface area contributed by atoms with E-state index in [0.717, 1.165) is 0 Å². The summed E-state index contributed by atoms with van der Waals surface area (Å²) in [6.45, 7) is 2.29. The van der Waals surface area contributed by atoms with Crippen molar-refractivity contribution in [1.29, 1.82) is 0 Å². The Hall–Kier alpha value is -0.980. The van der Waals surface area contributed by atoms with Crippen LogP contribution in [0.3, 0.4) is 0 Å². The van der Waals surface area contributed by atoms with Crippen LogP contribution in [-0.4, -0.2) is 14.1 Å². The molecule has 0 atom stereocenters. The Bertz CT molecular complexity index is 350. The predicted molar refractivity (Wildman–Crippen MR) is 71.2 cm³/mol. The molecule has 0 aromatic heterocycles. The van der Waals surface area contributed by atoms with E-state index in [-0.39, 0.29) is 0 Å². The van der Waals surface area contributed by atoms with Crippen LogP contribution in [0, 0.1) is 0 Å². The van der Waals surface area contributed by atoms with Gasteiger partial charge >= 0.3 is 0 Å². The highest BCUT2D eigenvalue weighted by Gasteiger charge is 2.44. The van der Waals surface area contributed by atoms with E-state index in [2.05, 4.69) is 50.2 Å². The first kappa shape index (κ1) is 11.5. The third-order valence-corrected chi connectivity index (χ3v) is 3.82. The molecule has 1 fully saturated rings. The average Bonchev–Trinajstić information content (AvgIpc) is 3.07. The summed E-state index contributed by atoms with van der Waals surface area (Å²) < 4.78 is 0. The molecule has 1 aliphatic carbocycles. The minimum atomic E-state index is 0.525. The maximum Gasteiger partial charge on any atom is 0.0399 e. The van der Waals surface area contributed by atoms with Gasteiger partial charge in [0.2, 0.25) is 0 Å². The molecule has 0 N–H and O–H groups in total. The number of nitrogens with zero attached hydrogens (tertiary/aromatic N) is 1. The molecule has 0 aliphatic heterocycles. The lowest BCUT2D eigenvalue weighted by molar-refractivity contribution is 0.575. The Morgan fingerprint density at radius 3 is 2.44 bits per heavy atom. The van der Waals surface area contributed by atoms with Gasteiger partial charge in [0.05, 0.1) is 0 Å². The number of unbranched alkanes of at least 4 members (excludes halogenated alkanes) is 1. The second-order valence-corrected chi connectivity index (χ2v) is 5.30. The van der Waals surface area contributed by atoms with Gasteiger partial charge in [-0.25, -0.2) is 0 Å². The molecule has 1 aromatic rings. The molecule has 0 spiro atoms. The van der Waals surface area contributed by atoms with Gasteiger partial charge in [0.25, 0.3) is 0 Å². The summed E-state index contributed by atoms with van der Waals surface area (Å²) in [7, 11) is 4.30. The van der Waals surface area contributed by atoms with Crippen molar-refractivity contribution in [1.82, 2.24) is 0 Å². The highest BCUT2D eigenvalue weighted by atomic mass is 15.1. The van der Waals surface area contributed by atoms with Crippen LogP contribution in [0.15, 0.2) is 24.3 Å². The summed E-state index contributed by atoms with van der Waals surface area (Å²) in [5.41, 5.74) is 3.52. The van der Waals surface area contributed by atoms with Crippen molar-refractivity contribution in [2.75, 3.05) is 19.0 Å². The molecule has 0 unspecified atom stereocenters. The molecule has 0 heterocycles. The summed E-state index contributed by atoms with van der Waals surface area (Å²) in [5, 5.41) is 0. The molecule has 0 radical (unpaired) electrons. The number of hydrogen-bond acceptors (Lipinski definition) is 1. The Balaban J connectivity index is 2.26. The van der Waals surface area contributed by atoms with Gasteiger partial charge in [-0.2, -0.15) is 0 Å². The maximum atomic E-state index is 2.33. The van der Waals surface area contributed by atoms with Crippen LogP contribution < -0.4 is 4.90 Å². The topological polar surface area (TPSA) is 3.24 Å². The molecule has 16 heavy (non-hydrogen) atoms. The van der Waals surface area contributed by atoms with Gasteiger partial charge in [0.15, 0.2) is 0 Å². The van der Waals surface area contributed by atoms with Gasteiger partial charge in [0, 0.05) is 19.8 Å². The largest absolute Gasteiger partial charge is 0.377 e. The fraction of sp³-hybridized carbons (Fsp3) is 0.600. The third-order valence-electron chi connectivity index (χ3n) is 3.82. The van der Waals surface area contributed by atoms with Crippen molar-refractivity contribution in [2.24, 2.45) is 0 Å². The van der Waals surface area contributed by atoms with E-state index in [1.165, 1.54) is 37.8 Å². The van der Waals surface area contributed by atoms with Crippen molar-refractivity contribution in [3.63, 3.8) is 0 Å². The fourth-order valence-corrected chi connectivity index (χ4v) is 2.63. The second-order valence-electron chi connectivity index (χ2n) is 5.30. The number of para-hydroxylation sites is 1. The first-order valence-electron chi connectivity index (χ1n) is 6.46. The zero-order chi connectivity index (χ0) is 11.6. The lowest BCUT2D eigenvalue weighted by Crippen LogP contribution is -2.16. The second kappa shape index (κ2) is 4.48. The number of rotatable bonds is 5. The number of benzene rings is 1. The van der Waals surface area contributed by atoms with Crippen LogP contribution in [0.2, 0.25) is 0 Å². The summed E-state index contributed by atoms with van der Waals surface area (Å²) in [6, 6.07) is 8.92. The highest BCUT2D eigenvalue weighted by Crippen LogP contribution is 2.54. The van der Waals surface area contributed by atoms with Crippen molar-refractivity contribution in [3.8, 4) is 0 Å². The average molecular weight is 217 g/mol. The summed E-state index contributed by atoms with van der Waals surface area (Å²) in [6.07, 6.45) is 6.82. The lowest BCUT2D eigenvalue weighted by atomic mass is 9.89. The van der Waals surface area contributed by atoms with Crippen LogP contribution in [0.25, 0.3) is 0 Å². The van der Waals surface area contributed by atoms with Crippen molar-refractivity contribution in [3.05, 3.63) is 29.8 Å². The van der Waals surface area contributed by atoms with Gasteiger partial charge in [-0.05, 0) is 36.3 Å². The summed E-state index contributed by atoms with van der Waals surface area (Å²) >= 11 is 0. The molecule has 2 rings (SSSR count). The predicted octanol–water partition coefficient (Wildman–Crippen LogP) is 3.97. The van der Waals surface area contributed by atoms with Gasteiger partial charge in [-0.3, -0.25) is 0 Å². The van der Waals surface area contributed by atoms with Gasteiger partial charge < -0.3 is 4.90 Å². The SMILES string of the molecule is CCCCC1(c2ccccc2N(C)C)CC1. The minimum absolute atomic E-state index is 0.525. The third kappa shape index (κ3) is 2.09. The molecule has 1 aromatic carbocycles. The minimum Gasteiger partial charge on any atom is -0.377 e. The monoisotopic (exact) mass is 217 g/mol. The number of hydrogen-bond donors (Lipinski definition) is 0. The molecule has 0 amide bonds. The molecular formula is C15H23N. The molecule has 1 saturated carbocycles. The zero-order valence-electron chi connectivity index (χ0n) is 10.8.